The number of carbonyl (C=O) groups is 1. The molecule has 1 aliphatic heterocycles. The number of carbonyl (C=O) groups excluding carboxylic acids is 1. The lowest BCUT2D eigenvalue weighted by atomic mass is 10.1. The molecule has 0 bridgehead atoms. The lowest BCUT2D eigenvalue weighted by molar-refractivity contribution is -0.383. The van der Waals surface area contributed by atoms with Gasteiger partial charge >= 0.3 is 11.8 Å². The van der Waals surface area contributed by atoms with Crippen molar-refractivity contribution in [3.63, 3.8) is 0 Å². The smallest absolute Gasteiger partial charge is 0.410 e. The molecule has 1 aromatic heterocycles. The van der Waals surface area contributed by atoms with Gasteiger partial charge in [0.15, 0.2) is 0 Å². The maximum absolute atomic E-state index is 12.7. The van der Waals surface area contributed by atoms with E-state index in [1.807, 2.05) is 74.2 Å². The average molecular weight is 578 g/mol. The molecular weight excluding hydrogens is 538 g/mol. The van der Waals surface area contributed by atoms with E-state index in [1.165, 1.54) is 0 Å². The van der Waals surface area contributed by atoms with Crippen LogP contribution in [0.25, 0.3) is 0 Å². The van der Waals surface area contributed by atoms with Crippen LogP contribution in [0.2, 0.25) is 0 Å². The first-order valence-electron chi connectivity index (χ1n) is 13.9. The second-order valence-electron chi connectivity index (χ2n) is 11.2. The number of ether oxygens (including phenoxy) is 3. The normalized spacial score (nSPS) is 15.1. The van der Waals surface area contributed by atoms with Crippen molar-refractivity contribution in [1.82, 2.24) is 9.88 Å². The van der Waals surface area contributed by atoms with E-state index in [2.05, 4.69) is 10.3 Å². The van der Waals surface area contributed by atoms with Crippen LogP contribution in [0.5, 0.6) is 11.5 Å². The minimum absolute atomic E-state index is 0.117. The summed E-state index contributed by atoms with van der Waals surface area (Å²) < 4.78 is 16.1. The first-order chi connectivity index (χ1) is 20.1. The Kier molecular flexibility index (Phi) is 9.72. The zero-order valence-corrected chi connectivity index (χ0v) is 24.8. The summed E-state index contributed by atoms with van der Waals surface area (Å²) in [6.07, 6.45) is 2.71. The number of nitrogens with one attached hydrogen (secondary N) is 1. The minimum Gasteiger partial charge on any atom is -0.497 e. The molecule has 1 atom stereocenters. The van der Waals surface area contributed by atoms with Gasteiger partial charge in [0.1, 0.15) is 22.8 Å². The zero-order chi connectivity index (χ0) is 30.3. The molecule has 0 spiro atoms. The number of hydrogen-bond acceptors (Lipinski definition) is 9. The maximum atomic E-state index is 12.7. The fourth-order valence-electron chi connectivity index (χ4n) is 4.89. The fourth-order valence-corrected chi connectivity index (χ4v) is 4.89. The number of hydrogen-bond donors (Lipinski definition) is 1. The standard InChI is InChI=1S/C31H39N5O6/c1-31(2,3)42-30(37)34-18-6-7-24(21-34)33-27-16-17-32-29(28(27)36(38)39)35(19-22-8-12-25(40-4)13-9-22)20-23-10-14-26(41-5)15-11-23/h8-17,24H,6-7,18-21H2,1-5H3,(H,32,33)/t24-/m1/s1. The van der Waals surface area contributed by atoms with Crippen LogP contribution in [-0.2, 0) is 17.8 Å². The summed E-state index contributed by atoms with van der Waals surface area (Å²) in [6.45, 7) is 7.20. The summed E-state index contributed by atoms with van der Waals surface area (Å²) in [4.78, 5) is 32.9. The molecule has 1 fully saturated rings. The molecule has 3 aromatic rings. The number of nitrogens with zero attached hydrogens (tertiary/aromatic N) is 4. The minimum atomic E-state index is -0.604. The number of nitro groups is 1. The van der Waals surface area contributed by atoms with Crippen LogP contribution in [0.4, 0.5) is 22.0 Å². The van der Waals surface area contributed by atoms with Crippen molar-refractivity contribution in [3.05, 3.63) is 82.0 Å². The third kappa shape index (κ3) is 8.02. The van der Waals surface area contributed by atoms with Crippen molar-refractivity contribution in [2.75, 3.05) is 37.5 Å². The van der Waals surface area contributed by atoms with Gasteiger partial charge in [0.25, 0.3) is 0 Å². The van der Waals surface area contributed by atoms with E-state index in [-0.39, 0.29) is 23.6 Å². The lowest BCUT2D eigenvalue weighted by Gasteiger charge is -2.34. The largest absolute Gasteiger partial charge is 0.497 e. The molecule has 1 N–H and O–H groups in total. The molecule has 11 nitrogen and oxygen atoms in total. The van der Waals surface area contributed by atoms with E-state index in [1.54, 1.807) is 31.4 Å². The van der Waals surface area contributed by atoms with Crippen molar-refractivity contribution in [3.8, 4) is 11.5 Å². The molecule has 224 valence electrons. The number of methoxy groups -OCH3 is 2. The molecule has 1 aliphatic rings. The summed E-state index contributed by atoms with van der Waals surface area (Å²) in [5.74, 6) is 1.70. The number of piperidine rings is 1. The Labute approximate surface area is 246 Å². The third-order valence-corrected chi connectivity index (χ3v) is 6.88. The predicted molar refractivity (Wildman–Crippen MR) is 161 cm³/mol. The summed E-state index contributed by atoms with van der Waals surface area (Å²) >= 11 is 0. The molecule has 0 radical (unpaired) electrons. The van der Waals surface area contributed by atoms with Gasteiger partial charge in [-0.2, -0.15) is 0 Å². The highest BCUT2D eigenvalue weighted by Gasteiger charge is 2.31. The van der Waals surface area contributed by atoms with E-state index in [9.17, 15) is 14.9 Å². The van der Waals surface area contributed by atoms with Gasteiger partial charge < -0.3 is 29.3 Å². The molecule has 1 saturated heterocycles. The first kappa shape index (κ1) is 30.4. The Morgan fingerprint density at radius 3 is 2.10 bits per heavy atom. The number of rotatable bonds is 10. The second kappa shape index (κ2) is 13.4. The number of anilines is 2. The molecule has 0 unspecified atom stereocenters. The SMILES string of the molecule is COc1ccc(CN(Cc2ccc(OC)cc2)c2nccc(N[C@@H]3CCCN(C(=O)OC(C)(C)C)C3)c2[N+](=O)[O-])cc1. The molecular formula is C31H39N5O6. The highest BCUT2D eigenvalue weighted by molar-refractivity contribution is 5.74. The fraction of sp³-hybridized carbons (Fsp3) is 0.419. The van der Waals surface area contributed by atoms with Gasteiger partial charge in [0.05, 0.1) is 19.1 Å². The molecule has 1 amide bonds. The van der Waals surface area contributed by atoms with Crippen molar-refractivity contribution in [2.45, 2.75) is 58.3 Å². The van der Waals surface area contributed by atoms with Gasteiger partial charge in [-0.25, -0.2) is 9.78 Å². The van der Waals surface area contributed by atoms with Crippen LogP contribution in [0, 0.1) is 10.1 Å². The molecule has 42 heavy (non-hydrogen) atoms. The van der Waals surface area contributed by atoms with Gasteiger partial charge in [-0.1, -0.05) is 24.3 Å². The van der Waals surface area contributed by atoms with Crippen molar-refractivity contribution < 1.29 is 23.9 Å². The molecule has 0 aliphatic carbocycles. The molecule has 4 rings (SSSR count). The van der Waals surface area contributed by atoms with Crippen molar-refractivity contribution in [1.29, 1.82) is 0 Å². The average Bonchev–Trinajstić information content (AvgIpc) is 2.96. The number of amides is 1. The first-order valence-corrected chi connectivity index (χ1v) is 13.9. The lowest BCUT2D eigenvalue weighted by Crippen LogP contribution is -2.47. The van der Waals surface area contributed by atoms with Crippen molar-refractivity contribution >= 4 is 23.3 Å². The van der Waals surface area contributed by atoms with Gasteiger partial charge in [-0.05, 0) is 75.1 Å². The number of likely N-dealkylation sites (tertiary alicyclic amines) is 1. The van der Waals surface area contributed by atoms with E-state index in [0.29, 0.717) is 31.9 Å². The Morgan fingerprint density at radius 2 is 1.60 bits per heavy atom. The molecule has 2 aromatic carbocycles. The third-order valence-electron chi connectivity index (χ3n) is 6.88. The van der Waals surface area contributed by atoms with Crippen molar-refractivity contribution in [2.24, 2.45) is 0 Å². The highest BCUT2D eigenvalue weighted by Crippen LogP contribution is 2.36. The zero-order valence-electron chi connectivity index (χ0n) is 24.8. The quantitative estimate of drug-likeness (QED) is 0.228. The topological polar surface area (TPSA) is 119 Å². The van der Waals surface area contributed by atoms with Gasteiger partial charge in [-0.15, -0.1) is 0 Å². The van der Waals surface area contributed by atoms with Crippen LogP contribution < -0.4 is 19.7 Å². The summed E-state index contributed by atoms with van der Waals surface area (Å²) in [6, 6.07) is 16.6. The Hall–Kier alpha value is -4.54. The van der Waals surface area contributed by atoms with Crippen LogP contribution >= 0.6 is 0 Å². The number of aromatic nitrogens is 1. The van der Waals surface area contributed by atoms with E-state index in [0.717, 1.165) is 35.5 Å². The Bertz CT molecular complexity index is 1310. The van der Waals surface area contributed by atoms with Crippen LogP contribution in [0.1, 0.15) is 44.7 Å². The molecule has 0 saturated carbocycles. The van der Waals surface area contributed by atoms with Gasteiger partial charge in [0, 0.05) is 38.4 Å². The maximum Gasteiger partial charge on any atom is 0.410 e. The molecule has 2 heterocycles. The van der Waals surface area contributed by atoms with E-state index < -0.39 is 10.5 Å². The monoisotopic (exact) mass is 577 g/mol. The highest BCUT2D eigenvalue weighted by atomic mass is 16.6. The summed E-state index contributed by atoms with van der Waals surface area (Å²) in [7, 11) is 3.21. The van der Waals surface area contributed by atoms with Crippen LogP contribution in [0.3, 0.4) is 0 Å². The number of pyridine rings is 1. The van der Waals surface area contributed by atoms with Crippen LogP contribution in [-0.4, -0.2) is 59.9 Å². The second-order valence-corrected chi connectivity index (χ2v) is 11.2. The Morgan fingerprint density at radius 1 is 1.02 bits per heavy atom. The van der Waals surface area contributed by atoms with Crippen LogP contribution in [0.15, 0.2) is 60.8 Å². The summed E-state index contributed by atoms with van der Waals surface area (Å²) in [5, 5.41) is 15.9. The van der Waals surface area contributed by atoms with E-state index in [4.69, 9.17) is 14.2 Å². The Balaban J connectivity index is 1.63. The van der Waals surface area contributed by atoms with Gasteiger partial charge in [-0.3, -0.25) is 10.1 Å². The van der Waals surface area contributed by atoms with Gasteiger partial charge in [0.2, 0.25) is 5.82 Å². The molecule has 11 heteroatoms. The van der Waals surface area contributed by atoms with E-state index >= 15 is 0 Å². The summed E-state index contributed by atoms with van der Waals surface area (Å²) in [5.41, 5.74) is 1.52. The predicted octanol–water partition coefficient (Wildman–Crippen LogP) is 6.03. The number of benzene rings is 2.